The van der Waals surface area contributed by atoms with Crippen LogP contribution in [0.2, 0.25) is 0 Å². The Morgan fingerprint density at radius 3 is 1.47 bits per heavy atom. The predicted molar refractivity (Wildman–Crippen MR) is 33.3 cm³/mol. The van der Waals surface area contributed by atoms with Gasteiger partial charge in [-0.1, -0.05) is 6.58 Å². The number of ether oxygens (including phenoxy) is 2. The van der Waals surface area contributed by atoms with Gasteiger partial charge in [-0.2, -0.15) is 26.3 Å². The molecule has 0 aromatic carbocycles. The zero-order valence-corrected chi connectivity index (χ0v) is 7.50. The SMILES string of the molecule is C=COC(F)(OC(F)(F)F)C(F)(F)C(F)(F)F. The third-order valence-electron chi connectivity index (χ3n) is 1.21. The van der Waals surface area contributed by atoms with Gasteiger partial charge in [0.1, 0.15) is 0 Å². The van der Waals surface area contributed by atoms with Gasteiger partial charge in [0.25, 0.3) is 0 Å². The second kappa shape index (κ2) is 4.27. The van der Waals surface area contributed by atoms with Gasteiger partial charge in [-0.15, -0.1) is 13.2 Å². The minimum Gasteiger partial charge on any atom is -0.439 e. The largest absolute Gasteiger partial charge is 0.527 e. The van der Waals surface area contributed by atoms with E-state index in [9.17, 15) is 39.5 Å². The van der Waals surface area contributed by atoms with Crippen LogP contribution in [0.3, 0.4) is 0 Å². The van der Waals surface area contributed by atoms with E-state index in [2.05, 4.69) is 11.3 Å². The molecule has 0 aliphatic rings. The molecule has 0 aromatic heterocycles. The third-order valence-corrected chi connectivity index (χ3v) is 1.21. The Morgan fingerprint density at radius 1 is 0.824 bits per heavy atom. The lowest BCUT2D eigenvalue weighted by Gasteiger charge is -2.32. The third kappa shape index (κ3) is 3.41. The topological polar surface area (TPSA) is 18.5 Å². The van der Waals surface area contributed by atoms with Gasteiger partial charge in [0, 0.05) is 0 Å². The van der Waals surface area contributed by atoms with Crippen LogP contribution >= 0.6 is 0 Å². The fourth-order valence-electron chi connectivity index (χ4n) is 0.587. The normalized spacial score (nSPS) is 17.5. The van der Waals surface area contributed by atoms with Crippen LogP contribution in [0.4, 0.5) is 39.5 Å². The van der Waals surface area contributed by atoms with Gasteiger partial charge in [0.05, 0.1) is 6.26 Å². The summed E-state index contributed by atoms with van der Waals surface area (Å²) in [6.45, 7) is 2.36. The Morgan fingerprint density at radius 2 is 1.24 bits per heavy atom. The van der Waals surface area contributed by atoms with E-state index in [4.69, 9.17) is 0 Å². The van der Waals surface area contributed by atoms with E-state index < -0.39 is 24.5 Å². The first-order valence-electron chi connectivity index (χ1n) is 3.46. The molecule has 0 N–H and O–H groups in total. The second-order valence-electron chi connectivity index (χ2n) is 2.44. The number of hydrogen-bond donors (Lipinski definition) is 0. The van der Waals surface area contributed by atoms with Gasteiger partial charge in [-0.25, -0.2) is 4.74 Å². The lowest BCUT2D eigenvalue weighted by molar-refractivity contribution is -0.515. The number of alkyl halides is 9. The predicted octanol–water partition coefficient (Wildman–Crippen LogP) is 3.50. The molecule has 0 aromatic rings. The monoisotopic (exact) mass is 278 g/mol. The Balaban J connectivity index is 5.41. The molecule has 1 unspecified atom stereocenters. The zero-order valence-electron chi connectivity index (χ0n) is 7.50. The van der Waals surface area contributed by atoms with E-state index in [0.29, 0.717) is 0 Å². The molecule has 17 heavy (non-hydrogen) atoms. The van der Waals surface area contributed by atoms with Crippen LogP contribution in [0.25, 0.3) is 0 Å². The summed E-state index contributed by atoms with van der Waals surface area (Å²) in [5, 5.41) is 0. The molecule has 0 saturated heterocycles. The van der Waals surface area contributed by atoms with E-state index in [-0.39, 0.29) is 6.26 Å². The van der Waals surface area contributed by atoms with Crippen LogP contribution in [-0.2, 0) is 9.47 Å². The molecule has 0 saturated carbocycles. The average Bonchev–Trinajstić information content (AvgIpc) is 1.97. The molecule has 2 nitrogen and oxygen atoms in total. The van der Waals surface area contributed by atoms with Gasteiger partial charge >= 0.3 is 24.5 Å². The lowest BCUT2D eigenvalue weighted by Crippen LogP contribution is -2.58. The molecule has 0 bridgehead atoms. The molecule has 0 rings (SSSR count). The number of rotatable bonds is 4. The molecule has 102 valence electrons. The van der Waals surface area contributed by atoms with Gasteiger partial charge in [0.2, 0.25) is 0 Å². The van der Waals surface area contributed by atoms with Crippen LogP contribution in [0.1, 0.15) is 0 Å². The molecule has 0 fully saturated rings. The molecule has 11 heteroatoms. The van der Waals surface area contributed by atoms with Gasteiger partial charge in [-0.05, 0) is 0 Å². The van der Waals surface area contributed by atoms with Crippen molar-refractivity contribution in [2.45, 2.75) is 24.5 Å². The first kappa shape index (κ1) is 15.9. The first-order chi connectivity index (χ1) is 7.27. The highest BCUT2D eigenvalue weighted by Gasteiger charge is 2.77. The Bertz CT molecular complexity index is 280. The van der Waals surface area contributed by atoms with E-state index in [1.54, 1.807) is 0 Å². The van der Waals surface area contributed by atoms with Crippen molar-refractivity contribution in [3.05, 3.63) is 12.8 Å². The van der Waals surface area contributed by atoms with Gasteiger partial charge < -0.3 is 4.74 Å². The molecular weight excluding hydrogens is 275 g/mol. The summed E-state index contributed by atoms with van der Waals surface area (Å²) in [5.41, 5.74) is 0. The summed E-state index contributed by atoms with van der Waals surface area (Å²) in [6, 6.07) is -5.79. The maximum atomic E-state index is 12.9. The fraction of sp³-hybridized carbons (Fsp3) is 0.667. The molecule has 0 amide bonds. The van der Waals surface area contributed by atoms with Crippen LogP contribution in [0, 0.1) is 0 Å². The van der Waals surface area contributed by atoms with E-state index in [0.717, 1.165) is 0 Å². The summed E-state index contributed by atoms with van der Waals surface area (Å²) in [6.07, 6.45) is -13.2. The molecule has 0 radical (unpaired) electrons. The smallest absolute Gasteiger partial charge is 0.439 e. The Hall–Kier alpha value is -1.13. The molecule has 0 aliphatic carbocycles. The number of halogens is 9. The summed E-state index contributed by atoms with van der Waals surface area (Å²) >= 11 is 0. The first-order valence-corrected chi connectivity index (χ1v) is 3.46. The highest BCUT2D eigenvalue weighted by atomic mass is 19.4. The van der Waals surface area contributed by atoms with Crippen molar-refractivity contribution in [1.29, 1.82) is 0 Å². The van der Waals surface area contributed by atoms with E-state index >= 15 is 0 Å². The minimum absolute atomic E-state index is 0.384. The van der Waals surface area contributed by atoms with Crippen LogP contribution in [0.5, 0.6) is 0 Å². The van der Waals surface area contributed by atoms with Crippen molar-refractivity contribution in [2.75, 3.05) is 0 Å². The zero-order chi connectivity index (χ0) is 14.1. The number of hydrogen-bond acceptors (Lipinski definition) is 2. The van der Waals surface area contributed by atoms with Crippen LogP contribution in [0.15, 0.2) is 12.8 Å². The van der Waals surface area contributed by atoms with E-state index in [1.165, 1.54) is 0 Å². The summed E-state index contributed by atoms with van der Waals surface area (Å²) in [5.74, 6) is -6.55. The fourth-order valence-corrected chi connectivity index (χ4v) is 0.587. The lowest BCUT2D eigenvalue weighted by atomic mass is 10.3. The van der Waals surface area contributed by atoms with Crippen molar-refractivity contribution in [2.24, 2.45) is 0 Å². The Labute approximate surface area is 87.6 Å². The Kier molecular flexibility index (Phi) is 3.99. The van der Waals surface area contributed by atoms with Crippen molar-refractivity contribution < 1.29 is 49.0 Å². The molecular formula is C6H3F9O2. The van der Waals surface area contributed by atoms with Crippen molar-refractivity contribution >= 4 is 0 Å². The van der Waals surface area contributed by atoms with Crippen LogP contribution < -0.4 is 0 Å². The highest BCUT2D eigenvalue weighted by molar-refractivity contribution is 4.87. The van der Waals surface area contributed by atoms with Crippen molar-refractivity contribution in [3.8, 4) is 0 Å². The highest BCUT2D eigenvalue weighted by Crippen LogP contribution is 2.48. The summed E-state index contributed by atoms with van der Waals surface area (Å²) in [4.78, 5) is 0. The minimum atomic E-state index is -6.66. The molecule has 1 atom stereocenters. The van der Waals surface area contributed by atoms with Crippen LogP contribution in [-0.4, -0.2) is 24.5 Å². The maximum Gasteiger partial charge on any atom is 0.527 e. The van der Waals surface area contributed by atoms with Crippen molar-refractivity contribution in [1.82, 2.24) is 0 Å². The van der Waals surface area contributed by atoms with Gasteiger partial charge in [-0.3, -0.25) is 0 Å². The average molecular weight is 278 g/mol. The van der Waals surface area contributed by atoms with E-state index in [1.807, 2.05) is 4.74 Å². The molecule has 0 heterocycles. The second-order valence-corrected chi connectivity index (χ2v) is 2.44. The summed E-state index contributed by atoms with van der Waals surface area (Å²) in [7, 11) is 0. The quantitative estimate of drug-likeness (QED) is 0.445. The molecule has 0 aliphatic heterocycles. The summed E-state index contributed by atoms with van der Waals surface area (Å²) < 4.78 is 112. The molecule has 0 spiro atoms. The van der Waals surface area contributed by atoms with Crippen molar-refractivity contribution in [3.63, 3.8) is 0 Å². The standard InChI is InChI=1S/C6H3F9O2/c1-2-16-5(12,17-6(13,14)15)3(7,8)4(9,10)11/h2H,1H2. The van der Waals surface area contributed by atoms with Gasteiger partial charge in [0.15, 0.2) is 0 Å². The maximum absolute atomic E-state index is 12.9.